The van der Waals surface area contributed by atoms with Crippen molar-refractivity contribution in [2.24, 2.45) is 0 Å². The van der Waals surface area contributed by atoms with Gasteiger partial charge < -0.3 is 5.11 Å². The number of carboxylic acid groups (broad SMARTS) is 1. The Morgan fingerprint density at radius 2 is 1.76 bits per heavy atom. The summed E-state index contributed by atoms with van der Waals surface area (Å²) in [5.74, 6) is -1.19. The highest BCUT2D eigenvalue weighted by Crippen LogP contribution is 2.18. The fraction of sp³-hybridized carbons (Fsp3) is 0.286. The minimum absolute atomic E-state index is 0.199. The van der Waals surface area contributed by atoms with Crippen molar-refractivity contribution in [1.29, 1.82) is 0 Å². The van der Waals surface area contributed by atoms with Crippen LogP contribution < -0.4 is 0 Å². The largest absolute Gasteiger partial charge is 0.481 e. The van der Waals surface area contributed by atoms with Crippen LogP contribution in [-0.4, -0.2) is 16.9 Å². The molecule has 0 bridgehead atoms. The number of aliphatic carboxylic acids is 1. The molecular weight excluding hydrogens is 216 g/mol. The summed E-state index contributed by atoms with van der Waals surface area (Å²) in [5.41, 5.74) is 3.33. The maximum Gasteiger partial charge on any atom is 0.307 e. The van der Waals surface area contributed by atoms with Crippen molar-refractivity contribution >= 4 is 17.8 Å². The fourth-order valence-electron chi connectivity index (χ4n) is 1.67. The Hall–Kier alpha value is -1.90. The van der Waals surface area contributed by atoms with Gasteiger partial charge in [-0.25, -0.2) is 0 Å². The van der Waals surface area contributed by atoms with E-state index in [0.29, 0.717) is 5.57 Å². The number of carboxylic acids is 1. The Kier molecular flexibility index (Phi) is 4.21. The van der Waals surface area contributed by atoms with Crippen molar-refractivity contribution in [2.45, 2.75) is 27.2 Å². The first-order chi connectivity index (χ1) is 7.91. The van der Waals surface area contributed by atoms with E-state index < -0.39 is 5.97 Å². The molecule has 17 heavy (non-hydrogen) atoms. The van der Waals surface area contributed by atoms with Gasteiger partial charge in [-0.2, -0.15) is 0 Å². The number of hydrogen-bond acceptors (Lipinski definition) is 2. The molecule has 0 aliphatic heterocycles. The summed E-state index contributed by atoms with van der Waals surface area (Å²) in [5, 5.41) is 8.76. The van der Waals surface area contributed by atoms with E-state index in [9.17, 15) is 9.59 Å². The Balaban J connectivity index is 3.21. The smallest absolute Gasteiger partial charge is 0.307 e. The van der Waals surface area contributed by atoms with Crippen LogP contribution in [0.25, 0.3) is 6.08 Å². The number of aryl methyl sites for hydroxylation is 2. The second kappa shape index (κ2) is 5.43. The van der Waals surface area contributed by atoms with Gasteiger partial charge in [-0.3, -0.25) is 9.59 Å². The number of benzene rings is 1. The summed E-state index contributed by atoms with van der Waals surface area (Å²) in [6.45, 7) is 5.27. The molecule has 3 nitrogen and oxygen atoms in total. The average Bonchev–Trinajstić information content (AvgIpc) is 2.21. The fourth-order valence-corrected chi connectivity index (χ4v) is 1.67. The van der Waals surface area contributed by atoms with Crippen LogP contribution in [0.4, 0.5) is 0 Å². The van der Waals surface area contributed by atoms with Crippen molar-refractivity contribution in [1.82, 2.24) is 0 Å². The number of carbonyl (C=O) groups is 2. The molecule has 0 heterocycles. The maximum atomic E-state index is 11.4. The molecule has 0 radical (unpaired) electrons. The van der Waals surface area contributed by atoms with Crippen molar-refractivity contribution in [3.05, 3.63) is 40.5 Å². The minimum Gasteiger partial charge on any atom is -0.481 e. The van der Waals surface area contributed by atoms with Crippen LogP contribution in [0, 0.1) is 13.8 Å². The molecule has 0 unspecified atom stereocenters. The molecule has 1 aromatic carbocycles. The third-order valence-corrected chi connectivity index (χ3v) is 2.65. The van der Waals surface area contributed by atoms with Gasteiger partial charge in [0, 0.05) is 5.57 Å². The molecule has 1 N–H and O–H groups in total. The highest BCUT2D eigenvalue weighted by Gasteiger charge is 2.10. The molecule has 0 saturated carbocycles. The van der Waals surface area contributed by atoms with Gasteiger partial charge in [0.2, 0.25) is 0 Å². The Morgan fingerprint density at radius 1 is 1.24 bits per heavy atom. The predicted octanol–water partition coefficient (Wildman–Crippen LogP) is 2.75. The van der Waals surface area contributed by atoms with Crippen LogP contribution in [0.1, 0.15) is 30.0 Å². The molecule has 1 aromatic rings. The summed E-state index contributed by atoms with van der Waals surface area (Å²) in [6, 6.07) is 5.82. The number of hydrogen-bond donors (Lipinski definition) is 1. The van der Waals surface area contributed by atoms with Gasteiger partial charge in [-0.1, -0.05) is 18.2 Å². The zero-order valence-electron chi connectivity index (χ0n) is 10.3. The molecule has 0 atom stereocenters. The molecule has 0 aliphatic carbocycles. The van der Waals surface area contributed by atoms with Crippen LogP contribution in [0.3, 0.4) is 0 Å². The zero-order valence-corrected chi connectivity index (χ0v) is 10.3. The van der Waals surface area contributed by atoms with Gasteiger partial charge in [0.05, 0.1) is 6.42 Å². The molecule has 0 amide bonds. The van der Waals surface area contributed by atoms with Crippen LogP contribution in [-0.2, 0) is 9.59 Å². The van der Waals surface area contributed by atoms with Gasteiger partial charge in [0.25, 0.3) is 0 Å². The normalized spacial score (nSPS) is 11.4. The minimum atomic E-state index is -0.988. The van der Waals surface area contributed by atoms with Crippen LogP contribution in [0.15, 0.2) is 23.8 Å². The topological polar surface area (TPSA) is 54.4 Å². The van der Waals surface area contributed by atoms with Gasteiger partial charge in [0.1, 0.15) is 0 Å². The van der Waals surface area contributed by atoms with E-state index in [2.05, 4.69) is 0 Å². The van der Waals surface area contributed by atoms with Crippen molar-refractivity contribution < 1.29 is 14.7 Å². The molecule has 1 rings (SSSR count). The molecule has 0 aliphatic rings. The van der Waals surface area contributed by atoms with E-state index >= 15 is 0 Å². The highest BCUT2D eigenvalue weighted by atomic mass is 16.4. The van der Waals surface area contributed by atoms with Crippen molar-refractivity contribution in [3.63, 3.8) is 0 Å². The molecular formula is C14H16O3. The van der Waals surface area contributed by atoms with Crippen LogP contribution in [0.2, 0.25) is 0 Å². The Bertz CT molecular complexity index is 464. The molecule has 0 aromatic heterocycles. The summed E-state index contributed by atoms with van der Waals surface area (Å²) >= 11 is 0. The van der Waals surface area contributed by atoms with Gasteiger partial charge >= 0.3 is 5.97 Å². The lowest BCUT2D eigenvalue weighted by Crippen LogP contribution is -2.04. The zero-order chi connectivity index (χ0) is 13.0. The van der Waals surface area contributed by atoms with E-state index in [4.69, 9.17) is 5.11 Å². The standard InChI is InChI=1S/C14H16O3/c1-9-5-4-6-10(2)13(9)7-12(11(3)15)8-14(16)17/h4-7H,8H2,1-3H3,(H,16,17)/b12-7+. The second-order valence-corrected chi connectivity index (χ2v) is 4.10. The third kappa shape index (κ3) is 3.55. The van der Waals surface area contributed by atoms with E-state index in [1.54, 1.807) is 6.08 Å². The monoisotopic (exact) mass is 232 g/mol. The SMILES string of the molecule is CC(=O)/C(=C/c1c(C)cccc1C)CC(=O)O. The van der Waals surface area contributed by atoms with Gasteiger partial charge in [0.15, 0.2) is 5.78 Å². The highest BCUT2D eigenvalue weighted by molar-refractivity contribution is 6.01. The Morgan fingerprint density at radius 3 is 2.18 bits per heavy atom. The first kappa shape index (κ1) is 13.2. The first-order valence-corrected chi connectivity index (χ1v) is 5.41. The lowest BCUT2D eigenvalue weighted by molar-refractivity contribution is -0.136. The van der Waals surface area contributed by atoms with Crippen LogP contribution >= 0.6 is 0 Å². The summed E-state index contributed by atoms with van der Waals surface area (Å²) in [6.07, 6.45) is 1.45. The number of ketones is 1. The van der Waals surface area contributed by atoms with Gasteiger partial charge in [-0.15, -0.1) is 0 Å². The summed E-state index contributed by atoms with van der Waals surface area (Å²) in [4.78, 5) is 22.1. The quantitative estimate of drug-likeness (QED) is 0.812. The molecule has 0 saturated heterocycles. The molecule has 3 heteroatoms. The van der Waals surface area contributed by atoms with E-state index in [-0.39, 0.29) is 12.2 Å². The predicted molar refractivity (Wildman–Crippen MR) is 66.8 cm³/mol. The third-order valence-electron chi connectivity index (χ3n) is 2.65. The lowest BCUT2D eigenvalue weighted by Gasteiger charge is -2.07. The Labute approximate surface area is 101 Å². The van der Waals surface area contributed by atoms with E-state index in [0.717, 1.165) is 16.7 Å². The first-order valence-electron chi connectivity index (χ1n) is 5.41. The molecule has 90 valence electrons. The molecule has 0 spiro atoms. The van der Waals surface area contributed by atoms with Crippen molar-refractivity contribution in [2.75, 3.05) is 0 Å². The average molecular weight is 232 g/mol. The maximum absolute atomic E-state index is 11.4. The summed E-state index contributed by atoms with van der Waals surface area (Å²) < 4.78 is 0. The molecule has 0 fully saturated rings. The van der Waals surface area contributed by atoms with Crippen molar-refractivity contribution in [3.8, 4) is 0 Å². The second-order valence-electron chi connectivity index (χ2n) is 4.10. The number of rotatable bonds is 4. The van der Waals surface area contributed by atoms with Gasteiger partial charge in [-0.05, 0) is 43.5 Å². The number of carbonyl (C=O) groups excluding carboxylic acids is 1. The summed E-state index contributed by atoms with van der Waals surface area (Å²) in [7, 11) is 0. The lowest BCUT2D eigenvalue weighted by atomic mass is 9.98. The van der Waals surface area contributed by atoms with E-state index in [1.807, 2.05) is 32.0 Å². The van der Waals surface area contributed by atoms with E-state index in [1.165, 1.54) is 6.92 Å². The van der Waals surface area contributed by atoms with Crippen LogP contribution in [0.5, 0.6) is 0 Å². The number of Topliss-reactive ketones (excluding diaryl/α,β-unsaturated/α-hetero) is 1.